The number of anilines is 1. The third kappa shape index (κ3) is 3.02. The lowest BCUT2D eigenvalue weighted by atomic mass is 9.92. The lowest BCUT2D eigenvalue weighted by molar-refractivity contribution is 0.0788. The molecule has 0 spiro atoms. The lowest BCUT2D eigenvalue weighted by Gasteiger charge is -2.43. The molecule has 9 heteroatoms. The van der Waals surface area contributed by atoms with E-state index in [0.29, 0.717) is 30.6 Å². The Hall–Kier alpha value is -3.36. The van der Waals surface area contributed by atoms with Crippen molar-refractivity contribution in [1.29, 1.82) is 0 Å². The minimum atomic E-state index is -0.461. The van der Waals surface area contributed by atoms with Gasteiger partial charge in [0.1, 0.15) is 5.82 Å². The second-order valence-corrected chi connectivity index (χ2v) is 7.62. The molecule has 2 unspecified atom stereocenters. The summed E-state index contributed by atoms with van der Waals surface area (Å²) >= 11 is 0. The number of aromatic nitrogens is 5. The third-order valence-corrected chi connectivity index (χ3v) is 5.58. The van der Waals surface area contributed by atoms with Gasteiger partial charge in [-0.2, -0.15) is 15.0 Å². The maximum absolute atomic E-state index is 13.9. The zero-order valence-electron chi connectivity index (χ0n) is 16.2. The zero-order chi connectivity index (χ0) is 20.1. The first kappa shape index (κ1) is 17.7. The predicted molar refractivity (Wildman–Crippen MR) is 103 cm³/mol. The van der Waals surface area contributed by atoms with Gasteiger partial charge >= 0.3 is 0 Å². The second kappa shape index (κ2) is 6.61. The van der Waals surface area contributed by atoms with E-state index in [1.165, 1.54) is 35.4 Å². The van der Waals surface area contributed by atoms with E-state index in [1.807, 2.05) is 19.9 Å². The number of carbonyl (C=O) groups excluding carboxylic acids is 1. The number of rotatable bonds is 3. The lowest BCUT2D eigenvalue weighted by Crippen LogP contribution is -2.56. The molecule has 3 aromatic rings. The van der Waals surface area contributed by atoms with Gasteiger partial charge in [0.2, 0.25) is 5.95 Å². The number of fused-ring (bicyclic) bond motifs is 1. The molecular weight excluding hydrogens is 373 g/mol. The van der Waals surface area contributed by atoms with Crippen LogP contribution in [0.2, 0.25) is 0 Å². The molecule has 2 fully saturated rings. The molecule has 1 amide bonds. The molecule has 0 aliphatic carbocycles. The zero-order valence-corrected chi connectivity index (χ0v) is 16.2. The first-order valence-electron chi connectivity index (χ1n) is 9.54. The van der Waals surface area contributed by atoms with Crippen LogP contribution >= 0.6 is 0 Å². The van der Waals surface area contributed by atoms with Crippen molar-refractivity contribution in [3.63, 3.8) is 0 Å². The van der Waals surface area contributed by atoms with E-state index in [2.05, 4.69) is 25.1 Å². The molecule has 2 aliphatic rings. The Labute approximate surface area is 167 Å². The fourth-order valence-corrected chi connectivity index (χ4v) is 4.23. The summed E-state index contributed by atoms with van der Waals surface area (Å²) in [6.07, 6.45) is 3.05. The van der Waals surface area contributed by atoms with E-state index in [-0.39, 0.29) is 17.5 Å². The molecule has 0 radical (unpaired) electrons. The first-order chi connectivity index (χ1) is 14.0. The summed E-state index contributed by atoms with van der Waals surface area (Å²) in [6, 6.07) is 6.22. The number of hydrogen-bond donors (Lipinski definition) is 0. The molecular formula is C20H20FN7O. The average Bonchev–Trinajstić information content (AvgIpc) is 3.30. The van der Waals surface area contributed by atoms with Crippen molar-refractivity contribution in [1.82, 2.24) is 29.9 Å². The van der Waals surface area contributed by atoms with Crippen LogP contribution in [-0.4, -0.2) is 61.4 Å². The monoisotopic (exact) mass is 393 g/mol. The summed E-state index contributed by atoms with van der Waals surface area (Å²) in [5.74, 6) is 0.401. The Morgan fingerprint density at radius 1 is 1.03 bits per heavy atom. The van der Waals surface area contributed by atoms with Crippen molar-refractivity contribution in [2.75, 3.05) is 24.5 Å². The number of nitrogens with zero attached hydrogens (tertiary/aromatic N) is 7. The minimum Gasteiger partial charge on any atom is -0.336 e. The number of amides is 1. The molecule has 148 valence electrons. The fraction of sp³-hybridized carbons (Fsp3) is 0.350. The molecule has 4 heterocycles. The molecule has 2 aromatic heterocycles. The van der Waals surface area contributed by atoms with Crippen molar-refractivity contribution < 1.29 is 9.18 Å². The number of likely N-dealkylation sites (tertiary alicyclic amines) is 1. The molecule has 2 atom stereocenters. The molecule has 8 nitrogen and oxygen atoms in total. The molecule has 1 aromatic carbocycles. The molecule has 5 rings (SSSR count). The summed E-state index contributed by atoms with van der Waals surface area (Å²) in [6.45, 7) is 5.91. The number of aryl methyl sites for hydroxylation is 2. The maximum Gasteiger partial charge on any atom is 0.256 e. The number of benzene rings is 1. The molecule has 2 saturated heterocycles. The summed E-state index contributed by atoms with van der Waals surface area (Å²) < 4.78 is 13.9. The van der Waals surface area contributed by atoms with Gasteiger partial charge in [0, 0.05) is 36.9 Å². The van der Waals surface area contributed by atoms with Crippen LogP contribution in [0.5, 0.6) is 0 Å². The van der Waals surface area contributed by atoms with Gasteiger partial charge in [-0.1, -0.05) is 0 Å². The Morgan fingerprint density at radius 2 is 1.76 bits per heavy atom. The third-order valence-electron chi connectivity index (χ3n) is 5.58. The summed E-state index contributed by atoms with van der Waals surface area (Å²) in [5, 5.41) is 8.17. The number of carbonyl (C=O) groups is 1. The SMILES string of the molecule is Cc1cc(C)nc(N2CC3CN(C(=O)c4cc(F)ccc4-n4nccn4)CC32)n1. The summed E-state index contributed by atoms with van der Waals surface area (Å²) in [5.41, 5.74) is 2.59. The van der Waals surface area contributed by atoms with E-state index in [4.69, 9.17) is 0 Å². The normalized spacial score (nSPS) is 20.5. The Balaban J connectivity index is 1.39. The van der Waals surface area contributed by atoms with Crippen LogP contribution in [0.1, 0.15) is 21.7 Å². The van der Waals surface area contributed by atoms with Gasteiger partial charge in [-0.15, -0.1) is 0 Å². The fourth-order valence-electron chi connectivity index (χ4n) is 4.23. The van der Waals surface area contributed by atoms with Crippen LogP contribution in [0.15, 0.2) is 36.7 Å². The quantitative estimate of drug-likeness (QED) is 0.675. The van der Waals surface area contributed by atoms with Crippen LogP contribution in [0, 0.1) is 25.6 Å². The van der Waals surface area contributed by atoms with Crippen LogP contribution in [0.25, 0.3) is 5.69 Å². The van der Waals surface area contributed by atoms with E-state index in [9.17, 15) is 9.18 Å². The second-order valence-electron chi connectivity index (χ2n) is 7.62. The van der Waals surface area contributed by atoms with Crippen molar-refractivity contribution in [3.8, 4) is 5.69 Å². The highest BCUT2D eigenvalue weighted by molar-refractivity contribution is 5.98. The van der Waals surface area contributed by atoms with Gasteiger partial charge in [0.15, 0.2) is 0 Å². The highest BCUT2D eigenvalue weighted by atomic mass is 19.1. The smallest absolute Gasteiger partial charge is 0.256 e. The van der Waals surface area contributed by atoms with Gasteiger partial charge in [-0.25, -0.2) is 14.4 Å². The molecule has 29 heavy (non-hydrogen) atoms. The molecule has 0 bridgehead atoms. The van der Waals surface area contributed by atoms with E-state index in [0.717, 1.165) is 17.9 Å². The van der Waals surface area contributed by atoms with Crippen molar-refractivity contribution in [2.45, 2.75) is 19.9 Å². The Bertz CT molecular complexity index is 1060. The highest BCUT2D eigenvalue weighted by Gasteiger charge is 2.48. The van der Waals surface area contributed by atoms with Crippen LogP contribution in [0.4, 0.5) is 10.3 Å². The van der Waals surface area contributed by atoms with Crippen molar-refractivity contribution >= 4 is 11.9 Å². The van der Waals surface area contributed by atoms with E-state index >= 15 is 0 Å². The van der Waals surface area contributed by atoms with Gasteiger partial charge < -0.3 is 9.80 Å². The van der Waals surface area contributed by atoms with Gasteiger partial charge in [0.05, 0.1) is 29.7 Å². The standard InChI is InChI=1S/C20H20FN7O/c1-12-7-13(2)25-20(24-12)27-10-14-9-26(11-18(14)27)19(29)16-8-15(21)3-4-17(16)28-22-5-6-23-28/h3-8,14,18H,9-11H2,1-2H3. The van der Waals surface area contributed by atoms with Gasteiger partial charge in [-0.05, 0) is 38.1 Å². The maximum atomic E-state index is 13.9. The Morgan fingerprint density at radius 3 is 2.48 bits per heavy atom. The number of hydrogen-bond acceptors (Lipinski definition) is 6. The van der Waals surface area contributed by atoms with Gasteiger partial charge in [-0.3, -0.25) is 4.79 Å². The average molecular weight is 393 g/mol. The Kier molecular flexibility index (Phi) is 4.04. The molecule has 0 N–H and O–H groups in total. The van der Waals surface area contributed by atoms with Crippen molar-refractivity contribution in [2.24, 2.45) is 5.92 Å². The van der Waals surface area contributed by atoms with Crippen LogP contribution in [-0.2, 0) is 0 Å². The van der Waals surface area contributed by atoms with E-state index in [1.54, 1.807) is 4.90 Å². The largest absolute Gasteiger partial charge is 0.336 e. The predicted octanol–water partition coefficient (Wildman–Crippen LogP) is 1.77. The topological polar surface area (TPSA) is 80.0 Å². The first-order valence-corrected chi connectivity index (χ1v) is 9.54. The highest BCUT2D eigenvalue weighted by Crippen LogP contribution is 2.36. The van der Waals surface area contributed by atoms with Crippen LogP contribution < -0.4 is 4.90 Å². The van der Waals surface area contributed by atoms with Gasteiger partial charge in [0.25, 0.3) is 5.91 Å². The van der Waals surface area contributed by atoms with E-state index < -0.39 is 5.82 Å². The van der Waals surface area contributed by atoms with Crippen molar-refractivity contribution in [3.05, 3.63) is 59.4 Å². The minimum absolute atomic E-state index is 0.181. The molecule has 0 saturated carbocycles. The summed E-state index contributed by atoms with van der Waals surface area (Å²) in [4.78, 5) is 27.6. The van der Waals surface area contributed by atoms with Crippen LogP contribution in [0.3, 0.4) is 0 Å². The summed E-state index contributed by atoms with van der Waals surface area (Å²) in [7, 11) is 0. The number of halogens is 1. The molecule has 2 aliphatic heterocycles.